The summed E-state index contributed by atoms with van der Waals surface area (Å²) in [7, 11) is 1.61. The summed E-state index contributed by atoms with van der Waals surface area (Å²) in [6.07, 6.45) is 1.34. The lowest BCUT2D eigenvalue weighted by atomic mass is 10.3. The van der Waals surface area contributed by atoms with Gasteiger partial charge in [-0.15, -0.1) is 0 Å². The van der Waals surface area contributed by atoms with Crippen molar-refractivity contribution in [1.29, 1.82) is 0 Å². The number of piperazine rings is 1. The summed E-state index contributed by atoms with van der Waals surface area (Å²) in [4.78, 5) is 20.5. The zero-order chi connectivity index (χ0) is 12.3. The predicted octanol–water partition coefficient (Wildman–Crippen LogP) is -0.164. The molecule has 0 aliphatic carbocycles. The maximum absolute atomic E-state index is 11.1. The molecule has 92 valence electrons. The van der Waals surface area contributed by atoms with Crippen molar-refractivity contribution in [2.45, 2.75) is 0 Å². The largest absolute Gasteiger partial charge is 0.367 e. The molecule has 1 aliphatic rings. The lowest BCUT2D eigenvalue weighted by Crippen LogP contribution is -2.44. The standard InChI is InChI=1S/C9H14N6O2/c1-10-8-7(15(16)17)9(13-6-12-8)14-4-2-11-3-5-14/h6,11H,2-5H2,1H3,(H,10,12,13). The van der Waals surface area contributed by atoms with Crippen molar-refractivity contribution >= 4 is 17.3 Å². The van der Waals surface area contributed by atoms with Gasteiger partial charge in [0.1, 0.15) is 6.33 Å². The van der Waals surface area contributed by atoms with Crippen LogP contribution in [-0.4, -0.2) is 48.1 Å². The summed E-state index contributed by atoms with van der Waals surface area (Å²) >= 11 is 0. The minimum atomic E-state index is -0.441. The van der Waals surface area contributed by atoms with Crippen LogP contribution in [0.2, 0.25) is 0 Å². The highest BCUT2D eigenvalue weighted by Crippen LogP contribution is 2.31. The Morgan fingerprint density at radius 2 is 2.18 bits per heavy atom. The van der Waals surface area contributed by atoms with Gasteiger partial charge in [0, 0.05) is 33.2 Å². The molecule has 2 rings (SSSR count). The zero-order valence-corrected chi connectivity index (χ0v) is 9.51. The second-order valence-corrected chi connectivity index (χ2v) is 3.64. The van der Waals surface area contributed by atoms with Crippen LogP contribution in [0, 0.1) is 10.1 Å². The zero-order valence-electron chi connectivity index (χ0n) is 9.51. The second kappa shape index (κ2) is 4.91. The van der Waals surface area contributed by atoms with Gasteiger partial charge < -0.3 is 15.5 Å². The van der Waals surface area contributed by atoms with Crippen LogP contribution < -0.4 is 15.5 Å². The molecular formula is C9H14N6O2. The minimum absolute atomic E-state index is 0.0584. The van der Waals surface area contributed by atoms with Crippen LogP contribution in [0.3, 0.4) is 0 Å². The van der Waals surface area contributed by atoms with Gasteiger partial charge in [0.05, 0.1) is 4.92 Å². The van der Waals surface area contributed by atoms with E-state index in [9.17, 15) is 10.1 Å². The molecule has 2 heterocycles. The van der Waals surface area contributed by atoms with Crippen molar-refractivity contribution < 1.29 is 4.92 Å². The first kappa shape index (κ1) is 11.5. The van der Waals surface area contributed by atoms with E-state index in [0.717, 1.165) is 13.1 Å². The van der Waals surface area contributed by atoms with E-state index < -0.39 is 4.92 Å². The molecule has 0 saturated carbocycles. The first-order chi connectivity index (χ1) is 8.24. The molecule has 2 N–H and O–H groups in total. The fraction of sp³-hybridized carbons (Fsp3) is 0.556. The van der Waals surface area contributed by atoms with E-state index in [0.29, 0.717) is 18.9 Å². The number of nitrogens with zero attached hydrogens (tertiary/aromatic N) is 4. The van der Waals surface area contributed by atoms with Crippen molar-refractivity contribution in [1.82, 2.24) is 15.3 Å². The summed E-state index contributed by atoms with van der Waals surface area (Å²) in [5, 5.41) is 17.0. The van der Waals surface area contributed by atoms with E-state index in [1.807, 2.05) is 4.90 Å². The molecule has 8 nitrogen and oxygen atoms in total. The second-order valence-electron chi connectivity index (χ2n) is 3.64. The maximum Gasteiger partial charge on any atom is 0.353 e. The first-order valence-corrected chi connectivity index (χ1v) is 5.37. The lowest BCUT2D eigenvalue weighted by Gasteiger charge is -2.27. The third-order valence-corrected chi connectivity index (χ3v) is 2.64. The molecule has 0 unspecified atom stereocenters. The molecule has 1 fully saturated rings. The van der Waals surface area contributed by atoms with Crippen LogP contribution in [0.1, 0.15) is 0 Å². The minimum Gasteiger partial charge on any atom is -0.367 e. The Labute approximate surface area is 98.2 Å². The van der Waals surface area contributed by atoms with Gasteiger partial charge in [-0.2, -0.15) is 0 Å². The summed E-state index contributed by atoms with van der Waals surface area (Å²) in [5.41, 5.74) is -0.0584. The van der Waals surface area contributed by atoms with Gasteiger partial charge >= 0.3 is 5.69 Å². The molecular weight excluding hydrogens is 224 g/mol. The van der Waals surface area contributed by atoms with Gasteiger partial charge in [-0.3, -0.25) is 10.1 Å². The fourth-order valence-corrected chi connectivity index (χ4v) is 1.83. The van der Waals surface area contributed by atoms with Crippen LogP contribution in [0.4, 0.5) is 17.3 Å². The molecule has 1 aromatic rings. The van der Waals surface area contributed by atoms with E-state index in [4.69, 9.17) is 0 Å². The Balaban J connectivity index is 2.40. The van der Waals surface area contributed by atoms with Gasteiger partial charge in [0.25, 0.3) is 0 Å². The van der Waals surface area contributed by atoms with Gasteiger partial charge in [0.2, 0.25) is 11.6 Å². The van der Waals surface area contributed by atoms with Crippen molar-refractivity contribution in [3.63, 3.8) is 0 Å². The van der Waals surface area contributed by atoms with Crippen molar-refractivity contribution in [2.24, 2.45) is 0 Å². The summed E-state index contributed by atoms with van der Waals surface area (Å²) < 4.78 is 0. The van der Waals surface area contributed by atoms with Crippen LogP contribution in [-0.2, 0) is 0 Å². The number of rotatable bonds is 3. The maximum atomic E-state index is 11.1. The predicted molar refractivity (Wildman–Crippen MR) is 63.3 cm³/mol. The number of hydrogen-bond acceptors (Lipinski definition) is 7. The van der Waals surface area contributed by atoms with Crippen LogP contribution in [0.25, 0.3) is 0 Å². The lowest BCUT2D eigenvalue weighted by molar-refractivity contribution is -0.383. The highest BCUT2D eigenvalue weighted by molar-refractivity contribution is 5.70. The van der Waals surface area contributed by atoms with Crippen LogP contribution in [0.5, 0.6) is 0 Å². The van der Waals surface area contributed by atoms with E-state index >= 15 is 0 Å². The van der Waals surface area contributed by atoms with Gasteiger partial charge in [-0.1, -0.05) is 0 Å². The summed E-state index contributed by atoms with van der Waals surface area (Å²) in [6.45, 7) is 3.02. The topological polar surface area (TPSA) is 96.2 Å². The van der Waals surface area contributed by atoms with Crippen molar-refractivity contribution in [2.75, 3.05) is 43.4 Å². The van der Waals surface area contributed by atoms with E-state index in [-0.39, 0.29) is 11.5 Å². The monoisotopic (exact) mass is 238 g/mol. The average Bonchev–Trinajstić information content (AvgIpc) is 2.38. The third kappa shape index (κ3) is 2.26. The molecule has 0 atom stereocenters. The smallest absolute Gasteiger partial charge is 0.353 e. The van der Waals surface area contributed by atoms with E-state index in [1.54, 1.807) is 7.05 Å². The summed E-state index contributed by atoms with van der Waals surface area (Å²) in [6, 6.07) is 0. The molecule has 0 aromatic carbocycles. The van der Waals surface area contributed by atoms with E-state index in [1.165, 1.54) is 6.33 Å². The summed E-state index contributed by atoms with van der Waals surface area (Å²) in [5.74, 6) is 0.634. The molecule has 0 bridgehead atoms. The molecule has 1 aromatic heterocycles. The van der Waals surface area contributed by atoms with Gasteiger partial charge in [-0.25, -0.2) is 9.97 Å². The highest BCUT2D eigenvalue weighted by atomic mass is 16.6. The molecule has 0 amide bonds. The highest BCUT2D eigenvalue weighted by Gasteiger charge is 2.26. The van der Waals surface area contributed by atoms with Crippen LogP contribution in [0.15, 0.2) is 6.33 Å². The third-order valence-electron chi connectivity index (χ3n) is 2.64. The molecule has 0 spiro atoms. The Kier molecular flexibility index (Phi) is 3.33. The number of aromatic nitrogens is 2. The van der Waals surface area contributed by atoms with Gasteiger partial charge in [-0.05, 0) is 0 Å². The molecule has 8 heteroatoms. The van der Waals surface area contributed by atoms with E-state index in [2.05, 4.69) is 20.6 Å². The first-order valence-electron chi connectivity index (χ1n) is 5.37. The fourth-order valence-electron chi connectivity index (χ4n) is 1.83. The molecule has 1 aliphatic heterocycles. The number of anilines is 2. The quantitative estimate of drug-likeness (QED) is 0.557. The Bertz CT molecular complexity index is 418. The SMILES string of the molecule is CNc1ncnc(N2CCNCC2)c1[N+](=O)[O-]. The Morgan fingerprint density at radius 1 is 1.47 bits per heavy atom. The number of hydrogen-bond donors (Lipinski definition) is 2. The normalized spacial score (nSPS) is 15.7. The molecule has 0 radical (unpaired) electrons. The van der Waals surface area contributed by atoms with Crippen molar-refractivity contribution in [3.05, 3.63) is 16.4 Å². The average molecular weight is 238 g/mol. The number of nitrogens with one attached hydrogen (secondary N) is 2. The molecule has 1 saturated heterocycles. The van der Waals surface area contributed by atoms with Gasteiger partial charge in [0.15, 0.2) is 0 Å². The Hall–Kier alpha value is -1.96. The molecule has 17 heavy (non-hydrogen) atoms. The van der Waals surface area contributed by atoms with Crippen LogP contribution >= 0.6 is 0 Å². The number of nitro groups is 1. The van der Waals surface area contributed by atoms with Crippen molar-refractivity contribution in [3.8, 4) is 0 Å². The Morgan fingerprint density at radius 3 is 2.76 bits per heavy atom.